The van der Waals surface area contributed by atoms with E-state index in [0.29, 0.717) is 10.7 Å². The zero-order valence-corrected chi connectivity index (χ0v) is 14.1. The number of aromatic nitrogens is 1. The van der Waals surface area contributed by atoms with Crippen molar-refractivity contribution in [2.24, 2.45) is 0 Å². The lowest BCUT2D eigenvalue weighted by atomic mass is 10.1. The van der Waals surface area contributed by atoms with Gasteiger partial charge in [0.15, 0.2) is 5.13 Å². The summed E-state index contributed by atoms with van der Waals surface area (Å²) in [6.45, 7) is 8.95. The SMILES string of the molecule is CCCN(C(=O)c1sc(N2CCCCC2)nc1N)C(C)C. The molecule has 1 aliphatic heterocycles. The number of piperidine rings is 1. The number of hydrogen-bond donors (Lipinski definition) is 1. The van der Waals surface area contributed by atoms with E-state index in [-0.39, 0.29) is 11.9 Å². The van der Waals surface area contributed by atoms with Gasteiger partial charge in [0.05, 0.1) is 0 Å². The number of thiazole rings is 1. The van der Waals surface area contributed by atoms with Gasteiger partial charge in [-0.25, -0.2) is 4.98 Å². The van der Waals surface area contributed by atoms with E-state index in [4.69, 9.17) is 5.73 Å². The van der Waals surface area contributed by atoms with Crippen molar-refractivity contribution in [3.8, 4) is 0 Å². The summed E-state index contributed by atoms with van der Waals surface area (Å²) in [5.41, 5.74) is 6.01. The summed E-state index contributed by atoms with van der Waals surface area (Å²) >= 11 is 1.44. The number of anilines is 2. The summed E-state index contributed by atoms with van der Waals surface area (Å²) < 4.78 is 0. The molecule has 0 bridgehead atoms. The molecule has 1 aromatic heterocycles. The molecule has 2 heterocycles. The number of nitrogens with two attached hydrogens (primary N) is 1. The molecule has 1 saturated heterocycles. The lowest BCUT2D eigenvalue weighted by Crippen LogP contribution is -2.37. The number of nitrogens with zero attached hydrogens (tertiary/aromatic N) is 3. The predicted octanol–water partition coefficient (Wildman–Crippen LogP) is 2.98. The fourth-order valence-electron chi connectivity index (χ4n) is 2.66. The molecule has 2 rings (SSSR count). The first-order valence-corrected chi connectivity index (χ1v) is 8.68. The van der Waals surface area contributed by atoms with Crippen LogP contribution in [0.2, 0.25) is 0 Å². The van der Waals surface area contributed by atoms with Gasteiger partial charge >= 0.3 is 0 Å². The largest absolute Gasteiger partial charge is 0.382 e. The van der Waals surface area contributed by atoms with Gasteiger partial charge in [-0.15, -0.1) is 0 Å². The molecule has 0 radical (unpaired) electrons. The van der Waals surface area contributed by atoms with Gasteiger partial charge in [-0.05, 0) is 39.5 Å². The van der Waals surface area contributed by atoms with E-state index in [0.717, 1.165) is 31.2 Å². The Labute approximate surface area is 131 Å². The maximum atomic E-state index is 12.7. The van der Waals surface area contributed by atoms with Gasteiger partial charge in [-0.1, -0.05) is 18.3 Å². The molecule has 0 spiro atoms. The van der Waals surface area contributed by atoms with Crippen LogP contribution in [0.5, 0.6) is 0 Å². The Bertz CT molecular complexity index is 480. The van der Waals surface area contributed by atoms with Crippen LogP contribution in [0, 0.1) is 0 Å². The highest BCUT2D eigenvalue weighted by atomic mass is 32.1. The van der Waals surface area contributed by atoms with Crippen molar-refractivity contribution in [3.63, 3.8) is 0 Å². The minimum atomic E-state index is 0.0186. The molecule has 21 heavy (non-hydrogen) atoms. The van der Waals surface area contributed by atoms with Crippen molar-refractivity contribution in [2.75, 3.05) is 30.3 Å². The Balaban J connectivity index is 2.19. The van der Waals surface area contributed by atoms with E-state index in [2.05, 4.69) is 16.8 Å². The van der Waals surface area contributed by atoms with E-state index in [9.17, 15) is 4.79 Å². The maximum absolute atomic E-state index is 12.7. The van der Waals surface area contributed by atoms with Gasteiger partial charge in [0.2, 0.25) is 0 Å². The third kappa shape index (κ3) is 3.67. The Morgan fingerprint density at radius 1 is 1.38 bits per heavy atom. The van der Waals surface area contributed by atoms with Gasteiger partial charge in [0.1, 0.15) is 10.7 Å². The smallest absolute Gasteiger partial charge is 0.268 e. The standard InChI is InChI=1S/C15H26N4OS/c1-4-8-19(11(2)3)14(20)12-13(16)17-15(21-12)18-9-6-5-7-10-18/h11H,4-10,16H2,1-3H3. The van der Waals surface area contributed by atoms with Crippen LogP contribution in [-0.4, -0.2) is 41.5 Å². The number of carbonyl (C=O) groups excluding carboxylic acids is 1. The normalized spacial score (nSPS) is 15.5. The average molecular weight is 310 g/mol. The van der Waals surface area contributed by atoms with E-state index in [1.54, 1.807) is 0 Å². The summed E-state index contributed by atoms with van der Waals surface area (Å²) in [6, 6.07) is 0.178. The summed E-state index contributed by atoms with van der Waals surface area (Å²) in [4.78, 5) is 21.8. The van der Waals surface area contributed by atoms with Crippen LogP contribution in [0.1, 0.15) is 56.1 Å². The van der Waals surface area contributed by atoms with E-state index in [1.807, 2.05) is 18.7 Å². The van der Waals surface area contributed by atoms with Crippen molar-refractivity contribution in [1.29, 1.82) is 0 Å². The molecule has 1 amide bonds. The highest BCUT2D eigenvalue weighted by Gasteiger charge is 2.25. The van der Waals surface area contributed by atoms with Crippen LogP contribution < -0.4 is 10.6 Å². The van der Waals surface area contributed by atoms with E-state index < -0.39 is 0 Å². The summed E-state index contributed by atoms with van der Waals surface area (Å²) in [6.07, 6.45) is 4.61. The molecule has 5 nitrogen and oxygen atoms in total. The van der Waals surface area contributed by atoms with Crippen LogP contribution in [0.3, 0.4) is 0 Å². The number of nitrogen functional groups attached to an aromatic ring is 1. The van der Waals surface area contributed by atoms with Gasteiger partial charge < -0.3 is 15.5 Å². The minimum Gasteiger partial charge on any atom is -0.382 e. The van der Waals surface area contributed by atoms with E-state index >= 15 is 0 Å². The highest BCUT2D eigenvalue weighted by molar-refractivity contribution is 7.18. The molecule has 1 aliphatic rings. The fourth-order valence-corrected chi connectivity index (χ4v) is 3.65. The highest BCUT2D eigenvalue weighted by Crippen LogP contribution is 2.31. The quantitative estimate of drug-likeness (QED) is 0.908. The second kappa shape index (κ2) is 7.11. The van der Waals surface area contributed by atoms with Gasteiger partial charge in [-0.3, -0.25) is 4.79 Å². The molecular weight excluding hydrogens is 284 g/mol. The van der Waals surface area contributed by atoms with Crippen molar-refractivity contribution in [1.82, 2.24) is 9.88 Å². The molecule has 6 heteroatoms. The zero-order valence-electron chi connectivity index (χ0n) is 13.3. The summed E-state index contributed by atoms with van der Waals surface area (Å²) in [7, 11) is 0. The number of hydrogen-bond acceptors (Lipinski definition) is 5. The molecule has 1 aromatic rings. The van der Waals surface area contributed by atoms with Crippen LogP contribution in [0.25, 0.3) is 0 Å². The molecule has 1 fully saturated rings. The average Bonchev–Trinajstić information content (AvgIpc) is 2.87. The monoisotopic (exact) mass is 310 g/mol. The lowest BCUT2D eigenvalue weighted by molar-refractivity contribution is 0.0712. The van der Waals surface area contributed by atoms with Crippen molar-refractivity contribution >= 4 is 28.2 Å². The van der Waals surface area contributed by atoms with Crippen molar-refractivity contribution in [2.45, 2.75) is 52.5 Å². The fraction of sp³-hybridized carbons (Fsp3) is 0.733. The lowest BCUT2D eigenvalue weighted by Gasteiger charge is -2.26. The minimum absolute atomic E-state index is 0.0186. The Hall–Kier alpha value is -1.30. The molecular formula is C15H26N4OS. The van der Waals surface area contributed by atoms with Crippen molar-refractivity contribution in [3.05, 3.63) is 4.88 Å². The Morgan fingerprint density at radius 3 is 2.62 bits per heavy atom. The second-order valence-corrected chi connectivity index (χ2v) is 6.83. The van der Waals surface area contributed by atoms with Gasteiger partial charge in [0, 0.05) is 25.7 Å². The maximum Gasteiger partial charge on any atom is 0.268 e. The first-order chi connectivity index (χ1) is 10.0. The van der Waals surface area contributed by atoms with Crippen LogP contribution in [0.15, 0.2) is 0 Å². The first-order valence-electron chi connectivity index (χ1n) is 7.86. The first kappa shape index (κ1) is 16.1. The van der Waals surface area contributed by atoms with Gasteiger partial charge in [0.25, 0.3) is 5.91 Å². The Morgan fingerprint density at radius 2 is 2.05 bits per heavy atom. The molecule has 0 saturated carbocycles. The molecule has 0 aliphatic carbocycles. The molecule has 0 aromatic carbocycles. The molecule has 0 atom stereocenters. The third-order valence-corrected chi connectivity index (χ3v) is 4.93. The molecule has 0 unspecified atom stereocenters. The van der Waals surface area contributed by atoms with Crippen LogP contribution >= 0.6 is 11.3 Å². The van der Waals surface area contributed by atoms with Crippen LogP contribution in [0.4, 0.5) is 10.9 Å². The number of carbonyl (C=O) groups is 1. The van der Waals surface area contributed by atoms with Crippen molar-refractivity contribution < 1.29 is 4.79 Å². The summed E-state index contributed by atoms with van der Waals surface area (Å²) in [5, 5.41) is 0.899. The predicted molar refractivity (Wildman–Crippen MR) is 89.1 cm³/mol. The topological polar surface area (TPSA) is 62.5 Å². The number of amides is 1. The van der Waals surface area contributed by atoms with E-state index in [1.165, 1.54) is 30.6 Å². The zero-order chi connectivity index (χ0) is 15.4. The number of rotatable bonds is 5. The van der Waals surface area contributed by atoms with Gasteiger partial charge in [-0.2, -0.15) is 0 Å². The summed E-state index contributed by atoms with van der Waals surface area (Å²) in [5.74, 6) is 0.400. The molecule has 118 valence electrons. The Kier molecular flexibility index (Phi) is 5.45. The second-order valence-electron chi connectivity index (χ2n) is 5.85. The van der Waals surface area contributed by atoms with Crippen LogP contribution in [-0.2, 0) is 0 Å². The third-order valence-electron chi connectivity index (χ3n) is 3.81. The molecule has 2 N–H and O–H groups in total.